The van der Waals surface area contributed by atoms with E-state index in [1.807, 2.05) is 24.3 Å². The third kappa shape index (κ3) is 1.84. The molecule has 0 saturated heterocycles. The third-order valence-corrected chi connectivity index (χ3v) is 3.10. The zero-order valence-corrected chi connectivity index (χ0v) is 8.79. The molecule has 1 aliphatic carbocycles. The third-order valence-electron chi connectivity index (χ3n) is 2.38. The Hall–Kier alpha value is -0.600. The lowest BCUT2D eigenvalue weighted by atomic mass is 9.87. The van der Waals surface area contributed by atoms with Crippen molar-refractivity contribution < 1.29 is 5.11 Å². The summed E-state index contributed by atoms with van der Waals surface area (Å²) in [4.78, 5) is 0. The van der Waals surface area contributed by atoms with Crippen molar-refractivity contribution >= 4 is 22.0 Å². The summed E-state index contributed by atoms with van der Waals surface area (Å²) in [5.74, 6) is 0. The van der Waals surface area contributed by atoms with Crippen LogP contribution in [0.3, 0.4) is 0 Å². The Balaban J connectivity index is 2.27. The van der Waals surface area contributed by atoms with E-state index in [1.165, 1.54) is 0 Å². The van der Waals surface area contributed by atoms with Crippen molar-refractivity contribution in [2.24, 2.45) is 0 Å². The molecular formula is C11H11BrO. The fourth-order valence-electron chi connectivity index (χ4n) is 1.40. The van der Waals surface area contributed by atoms with Gasteiger partial charge in [-0.25, -0.2) is 0 Å². The predicted molar refractivity (Wildman–Crippen MR) is 57.4 cm³/mol. The highest BCUT2D eigenvalue weighted by atomic mass is 79.9. The van der Waals surface area contributed by atoms with E-state index < -0.39 is 0 Å². The van der Waals surface area contributed by atoms with Crippen LogP contribution in [0.5, 0.6) is 0 Å². The van der Waals surface area contributed by atoms with E-state index in [4.69, 9.17) is 0 Å². The van der Waals surface area contributed by atoms with E-state index in [1.54, 1.807) is 0 Å². The number of hydrogen-bond acceptors (Lipinski definition) is 1. The molecule has 68 valence electrons. The first-order valence-corrected chi connectivity index (χ1v) is 5.20. The number of rotatable bonds is 1. The van der Waals surface area contributed by atoms with Gasteiger partial charge in [-0.1, -0.05) is 40.2 Å². The van der Waals surface area contributed by atoms with Crippen molar-refractivity contribution in [1.82, 2.24) is 0 Å². The normalized spacial score (nSPS) is 24.5. The molecule has 0 radical (unpaired) electrons. The minimum absolute atomic E-state index is 0.202. The molecule has 0 amide bonds. The smallest absolute Gasteiger partial charge is 0.0756 e. The van der Waals surface area contributed by atoms with E-state index in [9.17, 15) is 5.11 Å². The van der Waals surface area contributed by atoms with Crippen molar-refractivity contribution in [3.8, 4) is 0 Å². The van der Waals surface area contributed by atoms with E-state index in [2.05, 4.69) is 22.0 Å². The van der Waals surface area contributed by atoms with Gasteiger partial charge in [0.1, 0.15) is 0 Å². The quantitative estimate of drug-likeness (QED) is 0.798. The van der Waals surface area contributed by atoms with Gasteiger partial charge in [0.25, 0.3) is 0 Å². The first-order valence-electron chi connectivity index (χ1n) is 4.40. The highest BCUT2D eigenvalue weighted by molar-refractivity contribution is 9.10. The number of hydrogen-bond donors (Lipinski definition) is 1. The number of aliphatic hydroxyl groups is 1. The molecule has 1 unspecified atom stereocenters. The maximum Gasteiger partial charge on any atom is 0.0756 e. The molecule has 0 aliphatic heterocycles. The second-order valence-electron chi connectivity index (χ2n) is 3.30. The van der Waals surface area contributed by atoms with Crippen molar-refractivity contribution in [3.63, 3.8) is 0 Å². The SMILES string of the molecule is OC1CC/C1=C\c1ccccc1Br. The molecule has 0 aromatic heterocycles. The fraction of sp³-hybridized carbons (Fsp3) is 0.273. The van der Waals surface area contributed by atoms with Gasteiger partial charge < -0.3 is 5.11 Å². The molecule has 2 heteroatoms. The van der Waals surface area contributed by atoms with E-state index >= 15 is 0 Å². The zero-order valence-electron chi connectivity index (χ0n) is 7.20. The molecule has 1 aliphatic rings. The Morgan fingerprint density at radius 1 is 1.38 bits per heavy atom. The van der Waals surface area contributed by atoms with Gasteiger partial charge in [-0.15, -0.1) is 0 Å². The van der Waals surface area contributed by atoms with Gasteiger partial charge >= 0.3 is 0 Å². The van der Waals surface area contributed by atoms with Crippen molar-refractivity contribution in [3.05, 3.63) is 39.9 Å². The van der Waals surface area contributed by atoms with Crippen molar-refractivity contribution in [2.75, 3.05) is 0 Å². The Morgan fingerprint density at radius 3 is 2.69 bits per heavy atom. The topological polar surface area (TPSA) is 20.2 Å². The van der Waals surface area contributed by atoms with Gasteiger partial charge in [0.05, 0.1) is 6.10 Å². The van der Waals surface area contributed by atoms with Gasteiger partial charge in [0.2, 0.25) is 0 Å². The number of halogens is 1. The minimum atomic E-state index is -0.202. The van der Waals surface area contributed by atoms with Gasteiger partial charge in [-0.05, 0) is 30.0 Å². The Morgan fingerprint density at radius 2 is 2.15 bits per heavy atom. The average molecular weight is 239 g/mol. The molecule has 2 rings (SSSR count). The Bertz CT molecular complexity index is 344. The van der Waals surface area contributed by atoms with Crippen LogP contribution in [0.25, 0.3) is 6.08 Å². The lowest BCUT2D eigenvalue weighted by Gasteiger charge is -2.24. The molecule has 1 aromatic rings. The molecule has 13 heavy (non-hydrogen) atoms. The first-order chi connectivity index (χ1) is 6.27. The summed E-state index contributed by atoms with van der Waals surface area (Å²) in [6.45, 7) is 0. The van der Waals surface area contributed by atoms with Crippen molar-refractivity contribution in [1.29, 1.82) is 0 Å². The van der Waals surface area contributed by atoms with Crippen LogP contribution >= 0.6 is 15.9 Å². The molecule has 1 fully saturated rings. The van der Waals surface area contributed by atoms with Crippen molar-refractivity contribution in [2.45, 2.75) is 18.9 Å². The maximum atomic E-state index is 9.38. The van der Waals surface area contributed by atoms with Crippen LogP contribution in [0.15, 0.2) is 34.3 Å². The van der Waals surface area contributed by atoms with Crippen LogP contribution in [0, 0.1) is 0 Å². The molecule has 1 N–H and O–H groups in total. The van der Waals surface area contributed by atoms with E-state index in [0.29, 0.717) is 0 Å². The minimum Gasteiger partial charge on any atom is -0.389 e. The predicted octanol–water partition coefficient (Wildman–Crippen LogP) is 2.99. The Labute approximate surface area is 86.2 Å². The maximum absolute atomic E-state index is 9.38. The monoisotopic (exact) mass is 238 g/mol. The molecule has 1 saturated carbocycles. The van der Waals surface area contributed by atoms with E-state index in [-0.39, 0.29) is 6.10 Å². The highest BCUT2D eigenvalue weighted by Crippen LogP contribution is 2.30. The van der Waals surface area contributed by atoms with E-state index in [0.717, 1.165) is 28.5 Å². The molecular weight excluding hydrogens is 228 g/mol. The van der Waals surface area contributed by atoms with Gasteiger partial charge in [-0.3, -0.25) is 0 Å². The van der Waals surface area contributed by atoms with Crippen LogP contribution in [0.2, 0.25) is 0 Å². The number of benzene rings is 1. The molecule has 1 aromatic carbocycles. The summed E-state index contributed by atoms with van der Waals surface area (Å²) in [6, 6.07) is 8.05. The summed E-state index contributed by atoms with van der Waals surface area (Å²) in [5, 5.41) is 9.38. The Kier molecular flexibility index (Phi) is 2.51. The number of aliphatic hydroxyl groups excluding tert-OH is 1. The van der Waals surface area contributed by atoms with Crippen LogP contribution in [0.1, 0.15) is 18.4 Å². The van der Waals surface area contributed by atoms with Crippen LogP contribution < -0.4 is 0 Å². The van der Waals surface area contributed by atoms with Gasteiger partial charge in [-0.2, -0.15) is 0 Å². The summed E-state index contributed by atoms with van der Waals surface area (Å²) < 4.78 is 1.08. The molecule has 0 heterocycles. The summed E-state index contributed by atoms with van der Waals surface area (Å²) in [6.07, 6.45) is 3.81. The van der Waals surface area contributed by atoms with Crippen LogP contribution in [0.4, 0.5) is 0 Å². The van der Waals surface area contributed by atoms with Gasteiger partial charge in [0.15, 0.2) is 0 Å². The summed E-state index contributed by atoms with van der Waals surface area (Å²) in [7, 11) is 0. The largest absolute Gasteiger partial charge is 0.389 e. The second-order valence-corrected chi connectivity index (χ2v) is 4.15. The first kappa shape index (κ1) is 8.97. The lowest BCUT2D eigenvalue weighted by molar-refractivity contribution is 0.158. The van der Waals surface area contributed by atoms with Crippen LogP contribution in [-0.2, 0) is 0 Å². The zero-order chi connectivity index (χ0) is 9.26. The lowest BCUT2D eigenvalue weighted by Crippen LogP contribution is -2.20. The summed E-state index contributed by atoms with van der Waals surface area (Å²) in [5.41, 5.74) is 2.29. The fourth-order valence-corrected chi connectivity index (χ4v) is 1.80. The molecule has 1 nitrogen and oxygen atoms in total. The van der Waals surface area contributed by atoms with Crippen LogP contribution in [-0.4, -0.2) is 11.2 Å². The summed E-state index contributed by atoms with van der Waals surface area (Å²) >= 11 is 3.47. The molecule has 0 spiro atoms. The highest BCUT2D eigenvalue weighted by Gasteiger charge is 2.20. The average Bonchev–Trinajstić information content (AvgIpc) is 2.14. The molecule has 1 atom stereocenters. The molecule has 0 bridgehead atoms. The standard InChI is InChI=1S/C11H11BrO/c12-10-4-2-1-3-8(10)7-9-5-6-11(9)13/h1-4,7,11,13H,5-6H2/b9-7+. The second kappa shape index (κ2) is 3.64. The van der Waals surface area contributed by atoms with Gasteiger partial charge in [0, 0.05) is 4.47 Å².